The van der Waals surface area contributed by atoms with E-state index in [0.29, 0.717) is 5.02 Å². The van der Waals surface area contributed by atoms with Crippen LogP contribution in [-0.2, 0) is 14.8 Å². The number of benzene rings is 3. The average Bonchev–Trinajstić information content (AvgIpc) is 2.79. The monoisotopic (exact) mass is 564 g/mol. The van der Waals surface area contributed by atoms with Crippen LogP contribution in [0.25, 0.3) is 0 Å². The Kier molecular flexibility index (Phi) is 8.28. The molecule has 0 fully saturated rings. The topological polar surface area (TPSA) is 75.7 Å². The van der Waals surface area contributed by atoms with Crippen molar-refractivity contribution in [1.82, 2.24) is 5.32 Å². The third-order valence-corrected chi connectivity index (χ3v) is 8.10. The number of methoxy groups -OCH3 is 1. The third-order valence-electron chi connectivity index (χ3n) is 5.37. The molecule has 3 aromatic rings. The maximum atomic E-state index is 13.8. The third kappa shape index (κ3) is 5.92. The second-order valence-electron chi connectivity index (χ2n) is 7.94. The summed E-state index contributed by atoms with van der Waals surface area (Å²) >= 11 is 9.69. The predicted molar refractivity (Wildman–Crippen MR) is 139 cm³/mol. The minimum Gasteiger partial charge on any atom is -0.495 e. The van der Waals surface area contributed by atoms with Crippen molar-refractivity contribution in [1.29, 1.82) is 0 Å². The standard InChI is InChI=1S/C25H26BrClN2O4S/c1-16-5-12-23(33-4)24(13-16)34(31,32)29(21-11-6-17(2)22(27)14-21)15-25(30)28-18(3)19-7-9-20(26)10-8-19/h5-14,18H,15H2,1-4H3,(H,28,30)/t18-/m1/s1. The molecule has 3 aromatic carbocycles. The van der Waals surface area contributed by atoms with Crippen LogP contribution in [0, 0.1) is 13.8 Å². The van der Waals surface area contributed by atoms with Crippen molar-refractivity contribution in [2.24, 2.45) is 0 Å². The summed E-state index contributed by atoms with van der Waals surface area (Å²) in [5.74, 6) is -0.264. The normalized spacial score (nSPS) is 12.2. The van der Waals surface area contributed by atoms with Gasteiger partial charge in [0.2, 0.25) is 5.91 Å². The molecule has 0 spiro atoms. The number of amides is 1. The maximum Gasteiger partial charge on any atom is 0.268 e. The fraction of sp³-hybridized carbons (Fsp3) is 0.240. The van der Waals surface area contributed by atoms with Gasteiger partial charge in [0.15, 0.2) is 0 Å². The number of nitrogens with one attached hydrogen (secondary N) is 1. The van der Waals surface area contributed by atoms with E-state index in [2.05, 4.69) is 21.2 Å². The molecule has 0 aliphatic heterocycles. The summed E-state index contributed by atoms with van der Waals surface area (Å²) in [4.78, 5) is 13.0. The predicted octanol–water partition coefficient (Wildman–Crippen LogP) is 5.80. The van der Waals surface area contributed by atoms with Gasteiger partial charge >= 0.3 is 0 Å². The minimum atomic E-state index is -4.17. The molecule has 0 unspecified atom stereocenters. The van der Waals surface area contributed by atoms with Crippen LogP contribution in [0.2, 0.25) is 5.02 Å². The maximum absolute atomic E-state index is 13.8. The highest BCUT2D eigenvalue weighted by atomic mass is 79.9. The summed E-state index contributed by atoms with van der Waals surface area (Å²) in [6.45, 7) is 5.02. The first-order valence-corrected chi connectivity index (χ1v) is 13.1. The highest BCUT2D eigenvalue weighted by Crippen LogP contribution is 2.32. The number of ether oxygens (including phenoxy) is 1. The van der Waals surface area contributed by atoms with Crippen molar-refractivity contribution in [3.63, 3.8) is 0 Å². The Labute approximate surface area is 214 Å². The molecule has 0 aliphatic carbocycles. The van der Waals surface area contributed by atoms with Crippen molar-refractivity contribution < 1.29 is 17.9 Å². The zero-order chi connectivity index (χ0) is 25.0. The van der Waals surface area contributed by atoms with Crippen LogP contribution >= 0.6 is 27.5 Å². The quantitative estimate of drug-likeness (QED) is 0.375. The van der Waals surface area contributed by atoms with Crippen LogP contribution in [-0.4, -0.2) is 28.0 Å². The molecule has 0 saturated heterocycles. The van der Waals surface area contributed by atoms with Crippen LogP contribution in [0.3, 0.4) is 0 Å². The summed E-state index contributed by atoms with van der Waals surface area (Å²) in [7, 11) is -2.76. The van der Waals surface area contributed by atoms with Gasteiger partial charge in [-0.1, -0.05) is 51.8 Å². The number of rotatable bonds is 8. The molecule has 1 amide bonds. The van der Waals surface area contributed by atoms with E-state index in [9.17, 15) is 13.2 Å². The second-order valence-corrected chi connectivity index (χ2v) is 11.1. The van der Waals surface area contributed by atoms with E-state index < -0.39 is 22.5 Å². The number of hydrogen-bond donors (Lipinski definition) is 1. The Hall–Kier alpha value is -2.55. The fourth-order valence-corrected chi connectivity index (χ4v) is 5.50. The number of hydrogen-bond acceptors (Lipinski definition) is 4. The molecule has 180 valence electrons. The van der Waals surface area contributed by atoms with Crippen molar-refractivity contribution in [3.8, 4) is 5.75 Å². The highest BCUT2D eigenvalue weighted by molar-refractivity contribution is 9.10. The number of aryl methyl sites for hydroxylation is 2. The summed E-state index contributed by atoms with van der Waals surface area (Å²) in [5.41, 5.74) is 2.72. The lowest BCUT2D eigenvalue weighted by molar-refractivity contribution is -0.120. The zero-order valence-electron chi connectivity index (χ0n) is 19.3. The summed E-state index contributed by atoms with van der Waals surface area (Å²) in [6.07, 6.45) is 0. The molecule has 0 aliphatic rings. The van der Waals surface area contributed by atoms with Crippen LogP contribution in [0.5, 0.6) is 5.75 Å². The fourth-order valence-electron chi connectivity index (χ4n) is 3.41. The SMILES string of the molecule is COc1ccc(C)cc1S(=O)(=O)N(CC(=O)N[C@H](C)c1ccc(Br)cc1)c1ccc(C)c(Cl)c1. The van der Waals surface area contributed by atoms with Gasteiger partial charge in [0.05, 0.1) is 18.8 Å². The molecule has 6 nitrogen and oxygen atoms in total. The van der Waals surface area contributed by atoms with Gasteiger partial charge in [0.1, 0.15) is 17.2 Å². The number of carbonyl (C=O) groups is 1. The van der Waals surface area contributed by atoms with Gasteiger partial charge < -0.3 is 10.1 Å². The lowest BCUT2D eigenvalue weighted by Crippen LogP contribution is -2.41. The molecule has 0 saturated carbocycles. The van der Waals surface area contributed by atoms with E-state index in [0.717, 1.165) is 25.5 Å². The average molecular weight is 566 g/mol. The Morgan fingerprint density at radius 1 is 1.09 bits per heavy atom. The molecule has 0 heterocycles. The number of anilines is 1. The minimum absolute atomic E-state index is 0.0274. The lowest BCUT2D eigenvalue weighted by atomic mass is 10.1. The van der Waals surface area contributed by atoms with Crippen molar-refractivity contribution >= 4 is 49.1 Å². The first kappa shape index (κ1) is 26.1. The molecular formula is C25H26BrClN2O4S. The highest BCUT2D eigenvalue weighted by Gasteiger charge is 2.31. The number of sulfonamides is 1. The smallest absolute Gasteiger partial charge is 0.268 e. The van der Waals surface area contributed by atoms with Crippen LogP contribution in [0.15, 0.2) is 70.0 Å². The van der Waals surface area contributed by atoms with Crippen LogP contribution in [0.4, 0.5) is 5.69 Å². The number of carbonyl (C=O) groups excluding carboxylic acids is 1. The van der Waals surface area contributed by atoms with Gasteiger partial charge in [0, 0.05) is 9.50 Å². The van der Waals surface area contributed by atoms with Gasteiger partial charge in [-0.05, 0) is 73.9 Å². The molecule has 3 rings (SSSR count). The molecule has 0 aromatic heterocycles. The summed E-state index contributed by atoms with van der Waals surface area (Å²) < 4.78 is 34.9. The Balaban J connectivity index is 1.99. The molecule has 9 heteroatoms. The second kappa shape index (κ2) is 10.8. The van der Waals surface area contributed by atoms with Gasteiger partial charge in [-0.25, -0.2) is 8.42 Å². The molecule has 0 radical (unpaired) electrons. The molecule has 1 N–H and O–H groups in total. The first-order valence-electron chi connectivity index (χ1n) is 10.5. The largest absolute Gasteiger partial charge is 0.495 e. The van der Waals surface area contributed by atoms with Crippen molar-refractivity contribution in [2.45, 2.75) is 31.7 Å². The molecule has 0 bridgehead atoms. The van der Waals surface area contributed by atoms with Gasteiger partial charge in [-0.2, -0.15) is 0 Å². The van der Waals surface area contributed by atoms with E-state index in [-0.39, 0.29) is 22.4 Å². The Morgan fingerprint density at radius 3 is 2.38 bits per heavy atom. The lowest BCUT2D eigenvalue weighted by Gasteiger charge is -2.26. The Morgan fingerprint density at radius 2 is 1.76 bits per heavy atom. The van der Waals surface area contributed by atoms with E-state index in [1.807, 2.05) is 38.1 Å². The number of nitrogens with zero attached hydrogens (tertiary/aromatic N) is 1. The van der Waals surface area contributed by atoms with Crippen molar-refractivity contribution in [2.75, 3.05) is 18.0 Å². The van der Waals surface area contributed by atoms with E-state index in [1.165, 1.54) is 13.2 Å². The number of halogens is 2. The van der Waals surface area contributed by atoms with Crippen molar-refractivity contribution in [3.05, 3.63) is 86.8 Å². The zero-order valence-corrected chi connectivity index (χ0v) is 22.5. The van der Waals surface area contributed by atoms with Gasteiger partial charge in [-0.15, -0.1) is 0 Å². The molecular weight excluding hydrogens is 540 g/mol. The van der Waals surface area contributed by atoms with E-state index in [4.69, 9.17) is 16.3 Å². The summed E-state index contributed by atoms with van der Waals surface area (Å²) in [5, 5.41) is 3.28. The first-order chi connectivity index (χ1) is 16.0. The Bertz CT molecular complexity index is 1300. The van der Waals surface area contributed by atoms with Gasteiger partial charge in [0.25, 0.3) is 10.0 Å². The van der Waals surface area contributed by atoms with Gasteiger partial charge in [-0.3, -0.25) is 9.10 Å². The summed E-state index contributed by atoms with van der Waals surface area (Å²) in [6, 6.07) is 17.0. The van der Waals surface area contributed by atoms with Crippen LogP contribution < -0.4 is 14.4 Å². The molecule has 34 heavy (non-hydrogen) atoms. The van der Waals surface area contributed by atoms with E-state index in [1.54, 1.807) is 37.3 Å². The molecule has 1 atom stereocenters. The van der Waals surface area contributed by atoms with Crippen LogP contribution in [0.1, 0.15) is 29.7 Å². The van der Waals surface area contributed by atoms with E-state index >= 15 is 0 Å².